The summed E-state index contributed by atoms with van der Waals surface area (Å²) >= 11 is 3.97. The molecule has 22 heavy (non-hydrogen) atoms. The fraction of sp³-hybridized carbons (Fsp3) is 0.786. The average molecular weight is 331 g/mol. The van der Waals surface area contributed by atoms with Crippen LogP contribution in [-0.2, 0) is 14.4 Å². The van der Waals surface area contributed by atoms with Crippen LogP contribution in [0.4, 0.5) is 0 Å². The summed E-state index contributed by atoms with van der Waals surface area (Å²) < 4.78 is 0. The highest BCUT2D eigenvalue weighted by atomic mass is 32.1. The lowest BCUT2D eigenvalue weighted by Crippen LogP contribution is -2.55. The number of thiol groups is 1. The van der Waals surface area contributed by atoms with Gasteiger partial charge in [-0.3, -0.25) is 9.59 Å². The molecule has 0 bridgehead atoms. The van der Waals surface area contributed by atoms with Crippen molar-refractivity contribution in [3.05, 3.63) is 0 Å². The van der Waals surface area contributed by atoms with Crippen molar-refractivity contribution in [3.8, 4) is 0 Å². The van der Waals surface area contributed by atoms with Crippen molar-refractivity contribution in [2.75, 3.05) is 12.3 Å². The Labute approximate surface area is 136 Å². The predicted molar refractivity (Wildman–Crippen MR) is 85.6 cm³/mol. The van der Waals surface area contributed by atoms with Crippen molar-refractivity contribution in [2.24, 2.45) is 11.7 Å². The van der Waals surface area contributed by atoms with Crippen LogP contribution in [-0.4, -0.2) is 58.2 Å². The van der Waals surface area contributed by atoms with Crippen LogP contribution in [0.5, 0.6) is 0 Å². The lowest BCUT2D eigenvalue weighted by molar-refractivity contribution is -0.149. The van der Waals surface area contributed by atoms with Crippen LogP contribution in [0.2, 0.25) is 0 Å². The van der Waals surface area contributed by atoms with Gasteiger partial charge in [-0.25, -0.2) is 4.79 Å². The first-order valence-corrected chi connectivity index (χ1v) is 8.11. The zero-order chi connectivity index (χ0) is 16.9. The van der Waals surface area contributed by atoms with Crippen molar-refractivity contribution >= 4 is 30.4 Å². The quantitative estimate of drug-likeness (QED) is 0.485. The number of aliphatic carboxylic acids is 1. The van der Waals surface area contributed by atoms with Gasteiger partial charge in [-0.1, -0.05) is 13.8 Å². The number of nitrogens with zero attached hydrogens (tertiary/aromatic N) is 1. The number of carboxylic acid groups (broad SMARTS) is 1. The first kappa shape index (κ1) is 18.8. The number of hydrogen-bond acceptors (Lipinski definition) is 5. The number of rotatable bonds is 7. The first-order chi connectivity index (χ1) is 10.3. The van der Waals surface area contributed by atoms with Crippen LogP contribution in [0.25, 0.3) is 0 Å². The summed E-state index contributed by atoms with van der Waals surface area (Å²) in [4.78, 5) is 37.1. The second-order valence-corrected chi connectivity index (χ2v) is 6.37. The Balaban J connectivity index is 2.84. The molecule has 1 saturated heterocycles. The van der Waals surface area contributed by atoms with Gasteiger partial charge in [0, 0.05) is 12.3 Å². The second-order valence-electron chi connectivity index (χ2n) is 6.01. The fourth-order valence-electron chi connectivity index (χ4n) is 2.54. The van der Waals surface area contributed by atoms with E-state index in [9.17, 15) is 19.5 Å². The number of amides is 2. The van der Waals surface area contributed by atoms with Crippen LogP contribution in [0.1, 0.15) is 33.1 Å². The highest BCUT2D eigenvalue weighted by molar-refractivity contribution is 7.80. The van der Waals surface area contributed by atoms with E-state index in [0.29, 0.717) is 25.8 Å². The van der Waals surface area contributed by atoms with E-state index in [1.54, 1.807) is 0 Å². The Morgan fingerprint density at radius 2 is 2.05 bits per heavy atom. The third-order valence-corrected chi connectivity index (χ3v) is 4.07. The van der Waals surface area contributed by atoms with E-state index in [-0.39, 0.29) is 17.6 Å². The van der Waals surface area contributed by atoms with Crippen molar-refractivity contribution in [2.45, 2.75) is 51.2 Å². The zero-order valence-electron chi connectivity index (χ0n) is 13.0. The first-order valence-electron chi connectivity index (χ1n) is 7.48. The molecule has 0 aliphatic carbocycles. The van der Waals surface area contributed by atoms with Crippen LogP contribution in [0, 0.1) is 5.92 Å². The molecule has 3 atom stereocenters. The van der Waals surface area contributed by atoms with Crippen LogP contribution in [0.15, 0.2) is 0 Å². The summed E-state index contributed by atoms with van der Waals surface area (Å²) in [6.07, 6.45) is 1.54. The average Bonchev–Trinajstić information content (AvgIpc) is 2.93. The lowest BCUT2D eigenvalue weighted by atomic mass is 10.0. The van der Waals surface area contributed by atoms with Crippen molar-refractivity contribution in [1.82, 2.24) is 10.2 Å². The topological polar surface area (TPSA) is 113 Å². The van der Waals surface area contributed by atoms with Crippen LogP contribution in [0.3, 0.4) is 0 Å². The molecule has 1 aliphatic heterocycles. The number of nitrogens with two attached hydrogens (primary N) is 1. The van der Waals surface area contributed by atoms with Gasteiger partial charge >= 0.3 is 5.97 Å². The van der Waals surface area contributed by atoms with E-state index in [2.05, 4.69) is 17.9 Å². The monoisotopic (exact) mass is 331 g/mol. The third kappa shape index (κ3) is 4.88. The number of nitrogens with one attached hydrogen (secondary N) is 1. The van der Waals surface area contributed by atoms with E-state index in [1.807, 2.05) is 13.8 Å². The van der Waals surface area contributed by atoms with E-state index < -0.39 is 30.0 Å². The fourth-order valence-corrected chi connectivity index (χ4v) is 2.71. The van der Waals surface area contributed by atoms with E-state index in [1.165, 1.54) is 4.90 Å². The maximum Gasteiger partial charge on any atom is 0.326 e. The zero-order valence-corrected chi connectivity index (χ0v) is 13.9. The number of carboxylic acids is 1. The minimum atomic E-state index is -1.01. The van der Waals surface area contributed by atoms with Gasteiger partial charge in [-0.05, 0) is 25.2 Å². The number of likely N-dealkylation sites (tertiary alicyclic amines) is 1. The van der Waals surface area contributed by atoms with Gasteiger partial charge in [0.25, 0.3) is 0 Å². The van der Waals surface area contributed by atoms with Gasteiger partial charge in [0.1, 0.15) is 12.1 Å². The molecule has 8 heteroatoms. The van der Waals surface area contributed by atoms with Crippen molar-refractivity contribution in [1.29, 1.82) is 0 Å². The minimum Gasteiger partial charge on any atom is -0.480 e. The van der Waals surface area contributed by atoms with Crippen LogP contribution >= 0.6 is 12.6 Å². The largest absolute Gasteiger partial charge is 0.480 e. The molecule has 0 unspecified atom stereocenters. The third-order valence-electron chi connectivity index (χ3n) is 3.68. The van der Waals surface area contributed by atoms with E-state index in [4.69, 9.17) is 5.73 Å². The molecule has 0 radical (unpaired) electrons. The van der Waals surface area contributed by atoms with Gasteiger partial charge in [0.15, 0.2) is 0 Å². The summed E-state index contributed by atoms with van der Waals surface area (Å²) in [6, 6.07) is -2.35. The molecule has 0 aromatic heterocycles. The minimum absolute atomic E-state index is 0.173. The maximum atomic E-state index is 12.6. The molecule has 1 aliphatic rings. The van der Waals surface area contributed by atoms with Gasteiger partial charge in [0.2, 0.25) is 11.8 Å². The summed E-state index contributed by atoms with van der Waals surface area (Å²) in [5.74, 6) is -1.45. The molecule has 1 rings (SSSR count). The number of carbonyl (C=O) groups excluding carboxylic acids is 2. The standard InChI is InChI=1S/C14H25N3O4S/c1-8(2)6-10(16-12(18)9(15)7-22)13(19)17-5-3-4-11(17)14(20)21/h8-11,22H,3-7,15H2,1-2H3,(H,16,18)(H,20,21)/t9-,10-,11+/m0/s1. The van der Waals surface area contributed by atoms with Gasteiger partial charge in [-0.2, -0.15) is 12.6 Å². The smallest absolute Gasteiger partial charge is 0.326 e. The van der Waals surface area contributed by atoms with Crippen molar-refractivity contribution in [3.63, 3.8) is 0 Å². The normalized spacial score (nSPS) is 20.8. The molecule has 1 heterocycles. The van der Waals surface area contributed by atoms with Gasteiger partial charge in [-0.15, -0.1) is 0 Å². The molecule has 4 N–H and O–H groups in total. The highest BCUT2D eigenvalue weighted by Crippen LogP contribution is 2.20. The molecule has 7 nitrogen and oxygen atoms in total. The van der Waals surface area contributed by atoms with Gasteiger partial charge in [0.05, 0.1) is 6.04 Å². The summed E-state index contributed by atoms with van der Waals surface area (Å²) in [7, 11) is 0. The molecule has 0 aromatic rings. The number of hydrogen-bond donors (Lipinski definition) is 4. The molecule has 0 saturated carbocycles. The van der Waals surface area contributed by atoms with Crippen LogP contribution < -0.4 is 11.1 Å². The summed E-state index contributed by atoms with van der Waals surface area (Å²) in [6.45, 7) is 4.27. The Kier molecular flexibility index (Phi) is 7.15. The molecular formula is C14H25N3O4S. The second kappa shape index (κ2) is 8.38. The Morgan fingerprint density at radius 3 is 2.55 bits per heavy atom. The SMILES string of the molecule is CC(C)C[C@H](NC(=O)[C@@H](N)CS)C(=O)N1CCC[C@@H]1C(=O)O. The molecule has 1 fully saturated rings. The number of carbonyl (C=O) groups is 3. The van der Waals surface area contributed by atoms with Crippen molar-refractivity contribution < 1.29 is 19.5 Å². The Bertz CT molecular complexity index is 430. The summed E-state index contributed by atoms with van der Waals surface area (Å²) in [5, 5.41) is 11.8. The molecular weight excluding hydrogens is 306 g/mol. The van der Waals surface area contributed by atoms with Gasteiger partial charge < -0.3 is 21.1 Å². The summed E-state index contributed by atoms with van der Waals surface area (Å²) in [5.41, 5.74) is 5.62. The Hall–Kier alpha value is -1.28. The molecule has 126 valence electrons. The molecule has 0 spiro atoms. The van der Waals surface area contributed by atoms with E-state index >= 15 is 0 Å². The maximum absolute atomic E-state index is 12.6. The van der Waals surface area contributed by atoms with E-state index in [0.717, 1.165) is 0 Å². The Morgan fingerprint density at radius 1 is 1.41 bits per heavy atom. The molecule has 0 aromatic carbocycles. The molecule has 2 amide bonds. The lowest BCUT2D eigenvalue weighted by Gasteiger charge is -2.28. The predicted octanol–water partition coefficient (Wildman–Crippen LogP) is -0.150. The highest BCUT2D eigenvalue weighted by Gasteiger charge is 2.37.